The van der Waals surface area contributed by atoms with E-state index in [-0.39, 0.29) is 12.3 Å². The molecule has 0 saturated carbocycles. The summed E-state index contributed by atoms with van der Waals surface area (Å²) >= 11 is 0. The molecule has 4 aromatic rings. The van der Waals surface area contributed by atoms with E-state index >= 15 is 0 Å². The second-order valence-electron chi connectivity index (χ2n) is 7.25. The summed E-state index contributed by atoms with van der Waals surface area (Å²) in [6.45, 7) is 2.51. The van der Waals surface area contributed by atoms with Crippen molar-refractivity contribution in [3.63, 3.8) is 0 Å². The van der Waals surface area contributed by atoms with Gasteiger partial charge in [-0.15, -0.1) is 0 Å². The summed E-state index contributed by atoms with van der Waals surface area (Å²) < 4.78 is 5.44. The molecular weight excluding hydrogens is 416 g/mol. The van der Waals surface area contributed by atoms with Gasteiger partial charge in [-0.1, -0.05) is 54.5 Å². The molecule has 0 aliphatic carbocycles. The van der Waals surface area contributed by atoms with Crippen molar-refractivity contribution in [1.29, 1.82) is 5.26 Å². The SMILES string of the molecule is CCc1noc(-c2ccccc2-c2ccc(CNc3ncccc3NC(=O)CC#N)cc2)n1. The molecule has 0 unspecified atom stereocenters. The zero-order valence-corrected chi connectivity index (χ0v) is 18.1. The maximum absolute atomic E-state index is 11.8. The van der Waals surface area contributed by atoms with Crippen molar-refractivity contribution in [2.24, 2.45) is 0 Å². The van der Waals surface area contributed by atoms with Crippen LogP contribution in [0.1, 0.15) is 24.7 Å². The molecule has 0 fully saturated rings. The lowest BCUT2D eigenvalue weighted by atomic mass is 9.98. The van der Waals surface area contributed by atoms with Gasteiger partial charge in [0, 0.05) is 24.7 Å². The van der Waals surface area contributed by atoms with Crippen molar-refractivity contribution in [1.82, 2.24) is 15.1 Å². The topological polar surface area (TPSA) is 117 Å². The molecule has 2 aromatic carbocycles. The van der Waals surface area contributed by atoms with Crippen LogP contribution in [0.15, 0.2) is 71.4 Å². The molecule has 2 aromatic heterocycles. The number of nitrogens with one attached hydrogen (secondary N) is 2. The minimum atomic E-state index is -0.371. The number of nitriles is 1. The number of carbonyl (C=O) groups excluding carboxylic acids is 1. The Balaban J connectivity index is 1.49. The highest BCUT2D eigenvalue weighted by atomic mass is 16.5. The number of aryl methyl sites for hydroxylation is 1. The molecule has 2 N–H and O–H groups in total. The lowest BCUT2D eigenvalue weighted by Crippen LogP contribution is -2.13. The number of benzene rings is 2. The van der Waals surface area contributed by atoms with E-state index in [0.29, 0.717) is 36.2 Å². The van der Waals surface area contributed by atoms with Crippen LogP contribution in [0.25, 0.3) is 22.6 Å². The van der Waals surface area contributed by atoms with Gasteiger partial charge in [0.1, 0.15) is 12.2 Å². The van der Waals surface area contributed by atoms with Crippen molar-refractivity contribution in [2.75, 3.05) is 10.6 Å². The minimum Gasteiger partial charge on any atom is -0.364 e. The van der Waals surface area contributed by atoms with Crippen LogP contribution in [0.3, 0.4) is 0 Å². The number of aromatic nitrogens is 3. The van der Waals surface area contributed by atoms with E-state index in [1.165, 1.54) is 0 Å². The van der Waals surface area contributed by atoms with E-state index in [0.717, 1.165) is 22.3 Å². The third kappa shape index (κ3) is 5.22. The van der Waals surface area contributed by atoms with Gasteiger partial charge in [-0.05, 0) is 34.9 Å². The van der Waals surface area contributed by atoms with Crippen LogP contribution in [0, 0.1) is 11.3 Å². The molecule has 0 bridgehead atoms. The van der Waals surface area contributed by atoms with Crippen LogP contribution >= 0.6 is 0 Å². The summed E-state index contributed by atoms with van der Waals surface area (Å²) in [6, 6.07) is 21.4. The fourth-order valence-corrected chi connectivity index (χ4v) is 3.33. The fraction of sp³-hybridized carbons (Fsp3) is 0.160. The molecule has 0 atom stereocenters. The Kier molecular flexibility index (Phi) is 6.71. The lowest BCUT2D eigenvalue weighted by molar-refractivity contribution is -0.115. The summed E-state index contributed by atoms with van der Waals surface area (Å²) in [4.78, 5) is 20.5. The molecule has 8 heteroatoms. The average Bonchev–Trinajstić information content (AvgIpc) is 3.33. The molecule has 0 aliphatic rings. The van der Waals surface area contributed by atoms with Gasteiger partial charge in [0.05, 0.1) is 11.8 Å². The van der Waals surface area contributed by atoms with Gasteiger partial charge in [-0.2, -0.15) is 10.2 Å². The normalized spacial score (nSPS) is 10.4. The standard InChI is InChI=1S/C25H22N6O2/c1-2-22-30-25(33-31-22)20-7-4-3-6-19(20)18-11-9-17(10-12-18)16-28-24-21(8-5-15-27-24)29-23(32)13-14-26/h3-12,15H,2,13,16H2,1H3,(H,27,28)(H,29,32). The van der Waals surface area contributed by atoms with E-state index in [1.807, 2.05) is 61.5 Å². The zero-order chi connectivity index (χ0) is 23.0. The quantitative estimate of drug-likeness (QED) is 0.405. The first-order chi connectivity index (χ1) is 16.2. The molecule has 8 nitrogen and oxygen atoms in total. The van der Waals surface area contributed by atoms with Crippen molar-refractivity contribution in [3.05, 3.63) is 78.2 Å². The number of nitrogens with zero attached hydrogens (tertiary/aromatic N) is 4. The number of rotatable bonds is 8. The third-order valence-corrected chi connectivity index (χ3v) is 4.99. The summed E-state index contributed by atoms with van der Waals surface area (Å²) in [5.41, 5.74) is 4.52. The van der Waals surface area contributed by atoms with Crippen LogP contribution in [0.2, 0.25) is 0 Å². The smallest absolute Gasteiger partial charge is 0.258 e. The number of amides is 1. The molecule has 0 saturated heterocycles. The molecule has 1 amide bonds. The maximum Gasteiger partial charge on any atom is 0.258 e. The first-order valence-corrected chi connectivity index (χ1v) is 10.5. The van der Waals surface area contributed by atoms with E-state index in [9.17, 15) is 4.79 Å². The number of carbonyl (C=O) groups is 1. The van der Waals surface area contributed by atoms with Crippen LogP contribution < -0.4 is 10.6 Å². The minimum absolute atomic E-state index is 0.208. The van der Waals surface area contributed by atoms with E-state index in [2.05, 4.69) is 25.8 Å². The van der Waals surface area contributed by atoms with Crippen LogP contribution in [-0.2, 0) is 17.8 Å². The van der Waals surface area contributed by atoms with Crippen molar-refractivity contribution >= 4 is 17.4 Å². The van der Waals surface area contributed by atoms with Crippen LogP contribution in [0.4, 0.5) is 11.5 Å². The van der Waals surface area contributed by atoms with Gasteiger partial charge in [0.25, 0.3) is 5.89 Å². The van der Waals surface area contributed by atoms with E-state index in [1.54, 1.807) is 18.3 Å². The van der Waals surface area contributed by atoms with Crippen LogP contribution in [-0.4, -0.2) is 21.0 Å². The molecule has 4 rings (SSSR count). The highest BCUT2D eigenvalue weighted by molar-refractivity contribution is 5.94. The Morgan fingerprint density at radius 1 is 1.06 bits per heavy atom. The van der Waals surface area contributed by atoms with Gasteiger partial charge in [-0.25, -0.2) is 4.98 Å². The predicted octanol–water partition coefficient (Wildman–Crippen LogP) is 4.83. The van der Waals surface area contributed by atoms with E-state index in [4.69, 9.17) is 9.78 Å². The highest BCUT2D eigenvalue weighted by Crippen LogP contribution is 2.31. The molecule has 33 heavy (non-hydrogen) atoms. The van der Waals surface area contributed by atoms with Crippen LogP contribution in [0.5, 0.6) is 0 Å². The summed E-state index contributed by atoms with van der Waals surface area (Å²) in [6.07, 6.45) is 2.15. The molecule has 164 valence electrons. The summed E-state index contributed by atoms with van der Waals surface area (Å²) in [5, 5.41) is 18.6. The zero-order valence-electron chi connectivity index (χ0n) is 18.1. The Labute approximate surface area is 191 Å². The largest absolute Gasteiger partial charge is 0.364 e. The molecule has 0 spiro atoms. The average molecular weight is 438 g/mol. The molecule has 0 aliphatic heterocycles. The van der Waals surface area contributed by atoms with Gasteiger partial charge in [0.15, 0.2) is 5.82 Å². The molecule has 2 heterocycles. The van der Waals surface area contributed by atoms with E-state index < -0.39 is 0 Å². The lowest BCUT2D eigenvalue weighted by Gasteiger charge is -2.12. The van der Waals surface area contributed by atoms with Crippen molar-refractivity contribution in [3.8, 4) is 28.7 Å². The first-order valence-electron chi connectivity index (χ1n) is 10.5. The second-order valence-corrected chi connectivity index (χ2v) is 7.25. The fourth-order valence-electron chi connectivity index (χ4n) is 3.33. The van der Waals surface area contributed by atoms with Gasteiger partial charge in [-0.3, -0.25) is 4.79 Å². The van der Waals surface area contributed by atoms with Gasteiger partial charge in [0.2, 0.25) is 5.91 Å². The highest BCUT2D eigenvalue weighted by Gasteiger charge is 2.13. The Bertz CT molecular complexity index is 1290. The predicted molar refractivity (Wildman–Crippen MR) is 125 cm³/mol. The Morgan fingerprint density at radius 3 is 2.58 bits per heavy atom. The third-order valence-electron chi connectivity index (χ3n) is 4.99. The second kappa shape index (κ2) is 10.2. The number of hydrogen-bond donors (Lipinski definition) is 2. The van der Waals surface area contributed by atoms with Crippen molar-refractivity contribution < 1.29 is 9.32 Å². The number of pyridine rings is 1. The number of hydrogen-bond acceptors (Lipinski definition) is 7. The number of anilines is 2. The van der Waals surface area contributed by atoms with Gasteiger partial charge < -0.3 is 15.2 Å². The first kappa shape index (κ1) is 21.7. The van der Waals surface area contributed by atoms with Crippen molar-refractivity contribution in [2.45, 2.75) is 26.3 Å². The monoisotopic (exact) mass is 438 g/mol. The van der Waals surface area contributed by atoms with Gasteiger partial charge >= 0.3 is 0 Å². The Hall–Kier alpha value is -4.51. The summed E-state index contributed by atoms with van der Waals surface area (Å²) in [5.74, 6) is 1.36. The Morgan fingerprint density at radius 2 is 1.85 bits per heavy atom. The summed E-state index contributed by atoms with van der Waals surface area (Å²) in [7, 11) is 0. The molecular formula is C25H22N6O2. The molecule has 0 radical (unpaired) electrons. The maximum atomic E-state index is 11.8.